The van der Waals surface area contributed by atoms with Crippen LogP contribution in [0, 0.1) is 11.8 Å². The van der Waals surface area contributed by atoms with E-state index in [1.54, 1.807) is 67.6 Å². The summed E-state index contributed by atoms with van der Waals surface area (Å²) in [5, 5.41) is 26.5. The molecule has 0 spiro atoms. The molecule has 55 heavy (non-hydrogen) atoms. The fraction of sp³-hybridized carbons (Fsp3) is 0.326. The molecule has 6 rings (SSSR count). The molecular formula is C43H44N4NiO7. The SMILES string of the molecule is C[C@@H](C(=O)N1C(=O)OC[C@@H]1c1ccccc1)[C@H](COCc1ccccc1)[C@H](N=C(c1ccccc1)c1ccccc1N=C([O-])CN1CCCCC1)C(=O)[O-].[Ni+2]. The van der Waals surface area contributed by atoms with Gasteiger partial charge in [-0.15, -0.1) is 0 Å². The Morgan fingerprint density at radius 1 is 0.855 bits per heavy atom. The van der Waals surface area contributed by atoms with Crippen molar-refractivity contribution < 1.29 is 50.6 Å². The number of benzene rings is 4. The van der Waals surface area contributed by atoms with Gasteiger partial charge in [-0.25, -0.2) is 9.69 Å². The molecule has 2 fully saturated rings. The van der Waals surface area contributed by atoms with E-state index in [2.05, 4.69) is 9.89 Å². The molecule has 2 aliphatic heterocycles. The van der Waals surface area contributed by atoms with Gasteiger partial charge in [-0.05, 0) is 49.0 Å². The van der Waals surface area contributed by atoms with E-state index in [9.17, 15) is 24.6 Å². The zero-order chi connectivity index (χ0) is 37.9. The van der Waals surface area contributed by atoms with Gasteiger partial charge in [-0.3, -0.25) is 19.7 Å². The number of likely N-dealkylation sites (tertiary alicyclic amines) is 1. The van der Waals surface area contributed by atoms with Crippen LogP contribution >= 0.6 is 0 Å². The summed E-state index contributed by atoms with van der Waals surface area (Å²) < 4.78 is 11.5. The summed E-state index contributed by atoms with van der Waals surface area (Å²) in [6.07, 6.45) is 2.39. The standard InChI is InChI=1S/C43H46N4O7.Ni/c1-30(41(49)47-37(29-54-43(47)52)32-18-8-3-9-19-32)35(28-53-27-31-16-6-2-7-17-31)40(42(50)51)45-39(33-20-10-4-11-21-33)34-22-12-13-23-36(34)44-38(48)26-46-24-14-5-15-25-46;/h2-4,6-13,16-23,30,35,37,40H,5,14-15,24-29H2,1H3,(H,44,48)(H,50,51);/q;+2/p-2/t30-,35+,37-,40+;/m1./s1. The van der Waals surface area contributed by atoms with Gasteiger partial charge in [-0.1, -0.05) is 123 Å². The molecule has 0 radical (unpaired) electrons. The summed E-state index contributed by atoms with van der Waals surface area (Å²) in [6.45, 7) is 3.32. The number of hydrogen-bond donors (Lipinski definition) is 0. The second-order valence-corrected chi connectivity index (χ2v) is 13.6. The van der Waals surface area contributed by atoms with Crippen LogP contribution in [0.5, 0.6) is 0 Å². The van der Waals surface area contributed by atoms with Crippen LogP contribution in [0.1, 0.15) is 54.5 Å². The quantitative estimate of drug-likeness (QED) is 0.0958. The normalized spacial score (nSPS) is 18.2. The number of carboxylic acid groups (broad SMARTS) is 1. The molecule has 4 atom stereocenters. The summed E-state index contributed by atoms with van der Waals surface area (Å²) >= 11 is 0. The number of cyclic esters (lactones) is 1. The molecule has 0 saturated carbocycles. The minimum atomic E-state index is -1.62. The largest absolute Gasteiger partial charge is 2.00 e. The van der Waals surface area contributed by atoms with E-state index >= 15 is 0 Å². The van der Waals surface area contributed by atoms with E-state index in [1.165, 1.54) is 0 Å². The molecule has 0 aliphatic carbocycles. The van der Waals surface area contributed by atoms with Crippen molar-refractivity contribution in [1.29, 1.82) is 0 Å². The summed E-state index contributed by atoms with van der Waals surface area (Å²) in [7, 11) is 0. The van der Waals surface area contributed by atoms with Gasteiger partial charge < -0.3 is 24.5 Å². The summed E-state index contributed by atoms with van der Waals surface area (Å²) in [5.74, 6) is -4.66. The Labute approximate surface area is 331 Å². The number of carboxylic acids is 1. The molecule has 0 bridgehead atoms. The molecule has 2 heterocycles. The number of nitrogens with zero attached hydrogens (tertiary/aromatic N) is 4. The molecule has 2 aliphatic rings. The average molecular weight is 788 g/mol. The Hall–Kier alpha value is -5.16. The molecule has 12 heteroatoms. The first-order valence-corrected chi connectivity index (χ1v) is 18.4. The Bertz CT molecular complexity index is 1940. The minimum absolute atomic E-state index is 0. The average Bonchev–Trinajstić information content (AvgIpc) is 3.59. The fourth-order valence-electron chi connectivity index (χ4n) is 6.99. The molecule has 288 valence electrons. The van der Waals surface area contributed by atoms with Gasteiger partial charge in [-0.2, -0.15) is 0 Å². The molecule has 2 amide bonds. The minimum Gasteiger partial charge on any atom is -0.861 e. The number of hydrogen-bond acceptors (Lipinski definition) is 10. The van der Waals surface area contributed by atoms with Crippen molar-refractivity contribution in [3.63, 3.8) is 0 Å². The number of aliphatic carboxylic acids is 1. The van der Waals surface area contributed by atoms with Gasteiger partial charge >= 0.3 is 22.6 Å². The first-order valence-electron chi connectivity index (χ1n) is 18.4. The number of piperidine rings is 1. The van der Waals surface area contributed by atoms with Crippen LogP contribution in [-0.2, 0) is 42.2 Å². The van der Waals surface area contributed by atoms with Gasteiger partial charge in [0.1, 0.15) is 12.6 Å². The number of ether oxygens (including phenoxy) is 2. The summed E-state index contributed by atoms with van der Waals surface area (Å²) in [5.41, 5.74) is 3.17. The van der Waals surface area contributed by atoms with Crippen LogP contribution < -0.4 is 10.2 Å². The third kappa shape index (κ3) is 10.5. The number of aliphatic imine (C=N–C) groups is 2. The molecule has 0 N–H and O–H groups in total. The smallest absolute Gasteiger partial charge is 0.861 e. The van der Waals surface area contributed by atoms with E-state index in [4.69, 9.17) is 14.5 Å². The number of amides is 2. The van der Waals surface area contributed by atoms with Crippen LogP contribution in [0.15, 0.2) is 125 Å². The Morgan fingerprint density at radius 2 is 1.47 bits per heavy atom. The van der Waals surface area contributed by atoms with Gasteiger partial charge in [0.2, 0.25) is 5.91 Å². The first kappa shape index (κ1) is 41.0. The predicted molar refractivity (Wildman–Crippen MR) is 201 cm³/mol. The number of carbonyl (C=O) groups excluding carboxylic acids is 3. The third-order valence-corrected chi connectivity index (χ3v) is 9.92. The van der Waals surface area contributed by atoms with Gasteiger partial charge in [0.15, 0.2) is 0 Å². The van der Waals surface area contributed by atoms with Gasteiger partial charge in [0, 0.05) is 29.5 Å². The van der Waals surface area contributed by atoms with Gasteiger partial charge in [0.25, 0.3) is 0 Å². The molecular weight excluding hydrogens is 743 g/mol. The van der Waals surface area contributed by atoms with Crippen LogP contribution in [0.4, 0.5) is 10.5 Å². The zero-order valence-electron chi connectivity index (χ0n) is 30.6. The van der Waals surface area contributed by atoms with Crippen LogP contribution in [0.3, 0.4) is 0 Å². The van der Waals surface area contributed by atoms with Crippen molar-refractivity contribution in [2.75, 3.05) is 32.8 Å². The molecule has 4 aromatic carbocycles. The second-order valence-electron chi connectivity index (χ2n) is 13.6. The van der Waals surface area contributed by atoms with Crippen molar-refractivity contribution in [1.82, 2.24) is 9.80 Å². The van der Waals surface area contributed by atoms with Crippen molar-refractivity contribution in [2.45, 2.75) is 44.9 Å². The number of carbonyl (C=O) groups is 3. The molecule has 11 nitrogen and oxygen atoms in total. The van der Waals surface area contributed by atoms with E-state index < -0.39 is 41.9 Å². The van der Waals surface area contributed by atoms with Gasteiger partial charge in [0.05, 0.1) is 36.6 Å². The molecule has 4 aromatic rings. The maximum Gasteiger partial charge on any atom is 2.00 e. The first-order chi connectivity index (χ1) is 26.3. The van der Waals surface area contributed by atoms with Crippen molar-refractivity contribution in [2.24, 2.45) is 21.8 Å². The Morgan fingerprint density at radius 3 is 2.15 bits per heavy atom. The second kappa shape index (κ2) is 20.0. The molecule has 2 saturated heterocycles. The van der Waals surface area contributed by atoms with Crippen LogP contribution in [0.25, 0.3) is 0 Å². The maximum absolute atomic E-state index is 14.4. The van der Waals surface area contributed by atoms with Crippen molar-refractivity contribution in [3.05, 3.63) is 138 Å². The van der Waals surface area contributed by atoms with E-state index in [1.807, 2.05) is 54.6 Å². The van der Waals surface area contributed by atoms with Crippen LogP contribution in [0.2, 0.25) is 0 Å². The topological polar surface area (TPSA) is 147 Å². The van der Waals surface area contributed by atoms with E-state index in [0.717, 1.165) is 42.8 Å². The Balaban J connectivity index is 0.00000580. The predicted octanol–water partition coefficient (Wildman–Crippen LogP) is 4.71. The number of rotatable bonds is 15. The monoisotopic (exact) mass is 786 g/mol. The van der Waals surface area contributed by atoms with E-state index in [0.29, 0.717) is 22.4 Å². The molecule has 0 unspecified atom stereocenters. The molecule has 0 aromatic heterocycles. The third-order valence-electron chi connectivity index (χ3n) is 9.92. The number of para-hydroxylation sites is 1. The number of imide groups is 1. The van der Waals surface area contributed by atoms with Crippen molar-refractivity contribution in [3.8, 4) is 0 Å². The van der Waals surface area contributed by atoms with Crippen LogP contribution in [-0.4, -0.2) is 78.3 Å². The summed E-state index contributed by atoms with van der Waals surface area (Å²) in [4.78, 5) is 53.2. The van der Waals surface area contributed by atoms with E-state index in [-0.39, 0.29) is 54.5 Å². The Kier molecular flexibility index (Phi) is 14.9. The van der Waals surface area contributed by atoms with Crippen molar-refractivity contribution >= 4 is 35.3 Å². The zero-order valence-corrected chi connectivity index (χ0v) is 31.6. The summed E-state index contributed by atoms with van der Waals surface area (Å²) in [6, 6.07) is 32.1. The fourth-order valence-corrected chi connectivity index (χ4v) is 6.99. The maximum atomic E-state index is 14.4.